The van der Waals surface area contributed by atoms with Gasteiger partial charge in [-0.1, -0.05) is 29.3 Å². The van der Waals surface area contributed by atoms with Crippen LogP contribution in [0.5, 0.6) is 0 Å². The average molecular weight is 368 g/mol. The van der Waals surface area contributed by atoms with E-state index in [-0.39, 0.29) is 30.5 Å². The molecule has 1 aliphatic heterocycles. The zero-order valence-corrected chi connectivity index (χ0v) is 14.5. The third-order valence-electron chi connectivity index (χ3n) is 3.60. The van der Waals surface area contributed by atoms with Crippen molar-refractivity contribution in [1.82, 2.24) is 5.32 Å². The number of nitrogens with one attached hydrogen (secondary N) is 1. The quantitative estimate of drug-likeness (QED) is 0.760. The monoisotopic (exact) mass is 366 g/mol. The topological polar surface area (TPSA) is 64.4 Å². The highest BCUT2D eigenvalue weighted by Crippen LogP contribution is 2.22. The first-order valence-corrected chi connectivity index (χ1v) is 7.93. The maximum atomic E-state index is 11.9. The number of hydrogen-bond donors (Lipinski definition) is 2. The van der Waals surface area contributed by atoms with E-state index in [1.807, 2.05) is 12.1 Å². The molecule has 1 aromatic carbocycles. The minimum atomic E-state index is -0.349. The molecule has 124 valence electrons. The molecule has 0 spiro atoms. The zero-order chi connectivity index (χ0) is 15.2. The fraction of sp³-hybridized carbons (Fsp3) is 0.533. The molecular formula is C15H21Cl3N2O2. The molecule has 2 rings (SSSR count). The lowest BCUT2D eigenvalue weighted by molar-refractivity contribution is -0.131. The van der Waals surface area contributed by atoms with Crippen molar-refractivity contribution in [1.29, 1.82) is 0 Å². The number of nitrogens with two attached hydrogens (primary N) is 1. The molecule has 1 aliphatic rings. The Morgan fingerprint density at radius 1 is 1.36 bits per heavy atom. The summed E-state index contributed by atoms with van der Waals surface area (Å²) in [6.07, 6.45) is 2.89. The molecular weight excluding hydrogens is 347 g/mol. The lowest BCUT2D eigenvalue weighted by Gasteiger charge is -2.12. The molecule has 3 N–H and O–H groups in total. The van der Waals surface area contributed by atoms with E-state index in [1.54, 1.807) is 6.07 Å². The predicted molar refractivity (Wildman–Crippen MR) is 92.0 cm³/mol. The summed E-state index contributed by atoms with van der Waals surface area (Å²) in [5.74, 6) is -0.0480. The standard InChI is InChI=1S/C15H20Cl2N2O2.ClH/c16-11-4-3-10(13(17)8-11)2-1-7-19-15(20)14-6-5-12(9-18)21-14;/h3-4,8,12,14H,1-2,5-7,9,18H2,(H,19,20);1H/t12-,14+;/m1./s1. The predicted octanol–water partition coefficient (Wildman–Crippen LogP) is 2.97. The first-order chi connectivity index (χ1) is 10.1. The van der Waals surface area contributed by atoms with Crippen molar-refractivity contribution in [2.45, 2.75) is 37.9 Å². The van der Waals surface area contributed by atoms with E-state index in [9.17, 15) is 4.79 Å². The third-order valence-corrected chi connectivity index (χ3v) is 4.19. The van der Waals surface area contributed by atoms with Crippen LogP contribution in [0.2, 0.25) is 10.0 Å². The van der Waals surface area contributed by atoms with Crippen LogP contribution in [0.3, 0.4) is 0 Å². The molecule has 1 amide bonds. The van der Waals surface area contributed by atoms with Gasteiger partial charge in [0, 0.05) is 23.1 Å². The fourth-order valence-corrected chi connectivity index (χ4v) is 2.90. The van der Waals surface area contributed by atoms with E-state index < -0.39 is 0 Å². The molecule has 0 saturated carbocycles. The van der Waals surface area contributed by atoms with Crippen LogP contribution in [0.4, 0.5) is 0 Å². The van der Waals surface area contributed by atoms with Gasteiger partial charge in [-0.15, -0.1) is 12.4 Å². The first-order valence-electron chi connectivity index (χ1n) is 7.17. The van der Waals surface area contributed by atoms with Gasteiger partial charge in [-0.3, -0.25) is 4.79 Å². The van der Waals surface area contributed by atoms with Crippen molar-refractivity contribution in [3.05, 3.63) is 33.8 Å². The number of amides is 1. The van der Waals surface area contributed by atoms with Gasteiger partial charge in [-0.25, -0.2) is 0 Å². The maximum Gasteiger partial charge on any atom is 0.249 e. The summed E-state index contributed by atoms with van der Waals surface area (Å²) in [7, 11) is 0. The van der Waals surface area contributed by atoms with Crippen LogP contribution >= 0.6 is 35.6 Å². The number of halogens is 3. The molecule has 0 radical (unpaired) electrons. The minimum absolute atomic E-state index is 0. The summed E-state index contributed by atoms with van der Waals surface area (Å²) >= 11 is 12.0. The Morgan fingerprint density at radius 2 is 2.14 bits per heavy atom. The number of hydrogen-bond acceptors (Lipinski definition) is 3. The Balaban J connectivity index is 0.00000242. The average Bonchev–Trinajstić information content (AvgIpc) is 2.94. The van der Waals surface area contributed by atoms with E-state index in [4.69, 9.17) is 33.7 Å². The minimum Gasteiger partial charge on any atom is -0.364 e. The number of rotatable bonds is 6. The van der Waals surface area contributed by atoms with E-state index in [0.717, 1.165) is 31.2 Å². The molecule has 0 bridgehead atoms. The number of benzene rings is 1. The van der Waals surface area contributed by atoms with E-state index in [1.165, 1.54) is 0 Å². The summed E-state index contributed by atoms with van der Waals surface area (Å²) < 4.78 is 5.55. The van der Waals surface area contributed by atoms with Gasteiger partial charge in [0.25, 0.3) is 0 Å². The van der Waals surface area contributed by atoms with Crippen LogP contribution in [0, 0.1) is 0 Å². The van der Waals surface area contributed by atoms with Crippen molar-refractivity contribution < 1.29 is 9.53 Å². The smallest absolute Gasteiger partial charge is 0.249 e. The van der Waals surface area contributed by atoms with E-state index in [2.05, 4.69) is 5.32 Å². The van der Waals surface area contributed by atoms with Gasteiger partial charge >= 0.3 is 0 Å². The molecule has 1 heterocycles. The molecule has 4 nitrogen and oxygen atoms in total. The molecule has 1 fully saturated rings. The van der Waals surface area contributed by atoms with Gasteiger partial charge in [0.2, 0.25) is 5.91 Å². The highest BCUT2D eigenvalue weighted by molar-refractivity contribution is 6.35. The third kappa shape index (κ3) is 5.60. The number of aryl methyl sites for hydroxylation is 1. The van der Waals surface area contributed by atoms with Crippen LogP contribution in [0.1, 0.15) is 24.8 Å². The van der Waals surface area contributed by atoms with Crippen LogP contribution in [-0.4, -0.2) is 31.2 Å². The second kappa shape index (κ2) is 9.58. The Kier molecular flexibility index (Phi) is 8.50. The summed E-state index contributed by atoms with van der Waals surface area (Å²) in [4.78, 5) is 11.9. The lowest BCUT2D eigenvalue weighted by Crippen LogP contribution is -2.36. The van der Waals surface area contributed by atoms with Crippen LogP contribution in [0.15, 0.2) is 18.2 Å². The Bertz CT molecular complexity index is 500. The molecule has 0 unspecified atom stereocenters. The molecule has 1 saturated heterocycles. The normalized spacial score (nSPS) is 20.5. The Hall–Kier alpha value is -0.520. The second-order valence-electron chi connectivity index (χ2n) is 5.19. The van der Waals surface area contributed by atoms with Crippen molar-refractivity contribution in [2.24, 2.45) is 5.73 Å². The summed E-state index contributed by atoms with van der Waals surface area (Å²) in [6, 6.07) is 5.47. The molecule has 22 heavy (non-hydrogen) atoms. The van der Waals surface area contributed by atoms with Crippen LogP contribution in [0.25, 0.3) is 0 Å². The first kappa shape index (κ1) is 19.5. The van der Waals surface area contributed by atoms with Crippen molar-refractivity contribution in [2.75, 3.05) is 13.1 Å². The summed E-state index contributed by atoms with van der Waals surface area (Å²) in [5.41, 5.74) is 6.57. The molecule has 0 aromatic heterocycles. The second-order valence-corrected chi connectivity index (χ2v) is 6.03. The van der Waals surface area contributed by atoms with Crippen molar-refractivity contribution in [3.63, 3.8) is 0 Å². The van der Waals surface area contributed by atoms with Gasteiger partial charge in [-0.2, -0.15) is 0 Å². The van der Waals surface area contributed by atoms with E-state index in [0.29, 0.717) is 23.1 Å². The van der Waals surface area contributed by atoms with Gasteiger partial charge < -0.3 is 15.8 Å². The lowest BCUT2D eigenvalue weighted by atomic mass is 10.1. The summed E-state index contributed by atoms with van der Waals surface area (Å²) in [5, 5.41) is 4.19. The van der Waals surface area contributed by atoms with Crippen LogP contribution < -0.4 is 11.1 Å². The molecule has 7 heteroatoms. The number of carbonyl (C=O) groups is 1. The molecule has 2 atom stereocenters. The van der Waals surface area contributed by atoms with Crippen molar-refractivity contribution in [3.8, 4) is 0 Å². The van der Waals surface area contributed by atoms with Gasteiger partial charge in [0.1, 0.15) is 6.10 Å². The van der Waals surface area contributed by atoms with Gasteiger partial charge in [0.05, 0.1) is 6.10 Å². The van der Waals surface area contributed by atoms with E-state index >= 15 is 0 Å². The van der Waals surface area contributed by atoms with Gasteiger partial charge in [-0.05, 0) is 43.4 Å². The van der Waals surface area contributed by atoms with Crippen molar-refractivity contribution >= 4 is 41.5 Å². The highest BCUT2D eigenvalue weighted by Gasteiger charge is 2.29. The SMILES string of the molecule is Cl.NC[C@H]1CC[C@@H](C(=O)NCCCc2ccc(Cl)cc2Cl)O1. The zero-order valence-electron chi connectivity index (χ0n) is 12.2. The Labute approximate surface area is 147 Å². The number of carbonyl (C=O) groups excluding carboxylic acids is 1. The Morgan fingerprint density at radius 3 is 2.77 bits per heavy atom. The molecule has 0 aliphatic carbocycles. The molecule has 1 aromatic rings. The highest BCUT2D eigenvalue weighted by atomic mass is 35.5. The van der Waals surface area contributed by atoms with Crippen LogP contribution in [-0.2, 0) is 16.0 Å². The number of ether oxygens (including phenoxy) is 1. The summed E-state index contributed by atoms with van der Waals surface area (Å²) in [6.45, 7) is 1.07. The largest absolute Gasteiger partial charge is 0.364 e. The fourth-order valence-electron chi connectivity index (χ4n) is 2.40. The maximum absolute atomic E-state index is 11.9. The van der Waals surface area contributed by atoms with Gasteiger partial charge in [0.15, 0.2) is 0 Å².